The van der Waals surface area contributed by atoms with Crippen molar-refractivity contribution >= 4 is 28.9 Å². The fourth-order valence-corrected chi connectivity index (χ4v) is 1.02. The Labute approximate surface area is 74.0 Å². The molecular weight excluding hydrogens is 216 g/mol. The molecule has 0 saturated heterocycles. The van der Waals surface area contributed by atoms with Gasteiger partial charge >= 0.3 is 11.9 Å². The largest absolute Gasteiger partial charge is 0.481 e. The highest BCUT2D eigenvalue weighted by Crippen LogP contribution is 2.33. The molecule has 0 amide bonds. The molecule has 64 valence electrons. The van der Waals surface area contributed by atoms with Gasteiger partial charge in [0, 0.05) is 0 Å². The van der Waals surface area contributed by atoms with Gasteiger partial charge in [-0.2, -0.15) is 0 Å². The van der Waals surface area contributed by atoms with Gasteiger partial charge in [-0.15, -0.1) is 17.0 Å². The Morgan fingerprint density at radius 3 is 1.45 bits per heavy atom. The predicted octanol–water partition coefficient (Wildman–Crippen LogP) is 0.760. The highest BCUT2D eigenvalue weighted by Gasteiger charge is 2.38. The lowest BCUT2D eigenvalue weighted by atomic mass is 9.75. The molecule has 0 aromatic rings. The van der Waals surface area contributed by atoms with E-state index in [-0.39, 0.29) is 17.0 Å². The minimum atomic E-state index is -0.877. The van der Waals surface area contributed by atoms with Crippen molar-refractivity contribution in [1.82, 2.24) is 0 Å². The van der Waals surface area contributed by atoms with E-state index in [9.17, 15) is 9.59 Å². The van der Waals surface area contributed by atoms with Crippen molar-refractivity contribution in [2.45, 2.75) is 12.8 Å². The summed E-state index contributed by atoms with van der Waals surface area (Å²) in [5.41, 5.74) is 0. The summed E-state index contributed by atoms with van der Waals surface area (Å²) in [6.45, 7) is 0. The molecule has 1 saturated carbocycles. The maximum Gasteiger partial charge on any atom is 0.306 e. The van der Waals surface area contributed by atoms with Crippen molar-refractivity contribution in [3.8, 4) is 0 Å². The van der Waals surface area contributed by atoms with Crippen LogP contribution in [-0.4, -0.2) is 22.2 Å². The van der Waals surface area contributed by atoms with Crippen molar-refractivity contribution < 1.29 is 19.8 Å². The van der Waals surface area contributed by atoms with Crippen LogP contribution in [0.25, 0.3) is 0 Å². The normalized spacial score (nSPS) is 28.0. The first kappa shape index (κ1) is 10.4. The fourth-order valence-electron chi connectivity index (χ4n) is 1.02. The fraction of sp³-hybridized carbons (Fsp3) is 0.667. The van der Waals surface area contributed by atoms with Crippen LogP contribution in [0, 0.1) is 11.8 Å². The Kier molecular flexibility index (Phi) is 3.51. The van der Waals surface area contributed by atoms with Crippen LogP contribution in [0.4, 0.5) is 0 Å². The molecule has 0 spiro atoms. The summed E-state index contributed by atoms with van der Waals surface area (Å²) in [7, 11) is 0. The Balaban J connectivity index is 0.000001000. The number of carboxylic acid groups (broad SMARTS) is 2. The van der Waals surface area contributed by atoms with Crippen LogP contribution >= 0.6 is 17.0 Å². The lowest BCUT2D eigenvalue weighted by Crippen LogP contribution is -2.34. The van der Waals surface area contributed by atoms with Crippen LogP contribution in [0.5, 0.6) is 0 Å². The van der Waals surface area contributed by atoms with Gasteiger partial charge in [0.25, 0.3) is 0 Å². The summed E-state index contributed by atoms with van der Waals surface area (Å²) >= 11 is 0. The molecule has 0 unspecified atom stereocenters. The molecular formula is C6H9BrO4. The molecule has 0 aromatic heterocycles. The quantitative estimate of drug-likeness (QED) is 0.727. The first-order valence-electron chi connectivity index (χ1n) is 3.07. The number of carbonyl (C=O) groups is 2. The van der Waals surface area contributed by atoms with Crippen LogP contribution in [0.15, 0.2) is 0 Å². The first-order valence-corrected chi connectivity index (χ1v) is 3.07. The number of rotatable bonds is 2. The molecule has 2 N–H and O–H groups in total. The zero-order chi connectivity index (χ0) is 7.72. The third-order valence-electron chi connectivity index (χ3n) is 1.84. The molecule has 0 aromatic carbocycles. The van der Waals surface area contributed by atoms with Crippen molar-refractivity contribution in [1.29, 1.82) is 0 Å². The number of aliphatic carboxylic acids is 2. The smallest absolute Gasteiger partial charge is 0.306 e. The Morgan fingerprint density at radius 2 is 1.27 bits per heavy atom. The molecule has 1 aliphatic rings. The topological polar surface area (TPSA) is 74.6 Å². The van der Waals surface area contributed by atoms with Crippen molar-refractivity contribution in [2.24, 2.45) is 11.8 Å². The van der Waals surface area contributed by atoms with Crippen molar-refractivity contribution in [3.05, 3.63) is 0 Å². The van der Waals surface area contributed by atoms with E-state index in [2.05, 4.69) is 0 Å². The summed E-state index contributed by atoms with van der Waals surface area (Å²) in [5, 5.41) is 16.7. The minimum absolute atomic E-state index is 0. The third kappa shape index (κ3) is 2.18. The van der Waals surface area contributed by atoms with Gasteiger partial charge in [-0.1, -0.05) is 0 Å². The SMILES string of the molecule is Br.O=C(O)C1CC(C(=O)O)C1. The van der Waals surface area contributed by atoms with Crippen molar-refractivity contribution in [3.63, 3.8) is 0 Å². The van der Waals surface area contributed by atoms with E-state index < -0.39 is 23.8 Å². The Bertz CT molecular complexity index is 155. The van der Waals surface area contributed by atoms with Crippen LogP contribution in [-0.2, 0) is 9.59 Å². The predicted molar refractivity (Wildman–Crippen MR) is 41.8 cm³/mol. The second-order valence-electron chi connectivity index (χ2n) is 2.54. The summed E-state index contributed by atoms with van der Waals surface area (Å²) in [5.74, 6) is -2.59. The van der Waals surface area contributed by atoms with Gasteiger partial charge in [0.2, 0.25) is 0 Å². The lowest BCUT2D eigenvalue weighted by Gasteiger charge is -2.28. The van der Waals surface area contributed by atoms with E-state index in [1.54, 1.807) is 0 Å². The van der Waals surface area contributed by atoms with Gasteiger partial charge in [0.05, 0.1) is 11.8 Å². The zero-order valence-electron chi connectivity index (χ0n) is 5.69. The van der Waals surface area contributed by atoms with E-state index in [0.717, 1.165) is 0 Å². The van der Waals surface area contributed by atoms with Gasteiger partial charge in [0.1, 0.15) is 0 Å². The maximum atomic E-state index is 10.2. The van der Waals surface area contributed by atoms with Gasteiger partial charge < -0.3 is 10.2 Å². The van der Waals surface area contributed by atoms with Crippen LogP contribution in [0.3, 0.4) is 0 Å². The van der Waals surface area contributed by atoms with Gasteiger partial charge in [-0.3, -0.25) is 9.59 Å². The molecule has 11 heavy (non-hydrogen) atoms. The molecule has 0 aliphatic heterocycles. The monoisotopic (exact) mass is 224 g/mol. The number of hydrogen-bond acceptors (Lipinski definition) is 2. The van der Waals surface area contributed by atoms with E-state index >= 15 is 0 Å². The third-order valence-corrected chi connectivity index (χ3v) is 1.84. The molecule has 4 nitrogen and oxygen atoms in total. The van der Waals surface area contributed by atoms with Crippen molar-refractivity contribution in [2.75, 3.05) is 0 Å². The molecule has 0 atom stereocenters. The Morgan fingerprint density at radius 1 is 1.00 bits per heavy atom. The Hall–Kier alpha value is -0.580. The molecule has 0 bridgehead atoms. The van der Waals surface area contributed by atoms with Gasteiger partial charge in [-0.25, -0.2) is 0 Å². The van der Waals surface area contributed by atoms with E-state index in [1.807, 2.05) is 0 Å². The molecule has 1 rings (SSSR count). The standard InChI is InChI=1S/C6H8O4.BrH/c7-5(8)3-1-4(2-3)6(9)10;/h3-4H,1-2H2,(H,7,8)(H,9,10);1H. The van der Waals surface area contributed by atoms with E-state index in [0.29, 0.717) is 12.8 Å². The van der Waals surface area contributed by atoms with E-state index in [4.69, 9.17) is 10.2 Å². The average Bonchev–Trinajstić information content (AvgIpc) is 1.56. The van der Waals surface area contributed by atoms with Crippen LogP contribution in [0.2, 0.25) is 0 Å². The van der Waals surface area contributed by atoms with Gasteiger partial charge in [-0.05, 0) is 12.8 Å². The molecule has 1 fully saturated rings. The number of carboxylic acids is 2. The summed E-state index contributed by atoms with van der Waals surface area (Å²) in [4.78, 5) is 20.3. The summed E-state index contributed by atoms with van der Waals surface area (Å²) < 4.78 is 0. The molecule has 5 heteroatoms. The maximum absolute atomic E-state index is 10.2. The summed E-state index contributed by atoms with van der Waals surface area (Å²) in [6, 6.07) is 0. The average molecular weight is 225 g/mol. The van der Waals surface area contributed by atoms with Crippen LogP contribution < -0.4 is 0 Å². The second-order valence-corrected chi connectivity index (χ2v) is 2.54. The molecule has 0 radical (unpaired) electrons. The highest BCUT2D eigenvalue weighted by atomic mass is 79.9. The van der Waals surface area contributed by atoms with Gasteiger partial charge in [0.15, 0.2) is 0 Å². The first-order chi connectivity index (χ1) is 4.61. The minimum Gasteiger partial charge on any atom is -0.481 e. The highest BCUT2D eigenvalue weighted by molar-refractivity contribution is 8.93. The molecule has 0 heterocycles. The lowest BCUT2D eigenvalue weighted by molar-refractivity contribution is -0.154. The van der Waals surface area contributed by atoms with Crippen LogP contribution in [0.1, 0.15) is 12.8 Å². The molecule has 1 aliphatic carbocycles. The number of hydrogen-bond donors (Lipinski definition) is 2. The zero-order valence-corrected chi connectivity index (χ0v) is 7.40. The van der Waals surface area contributed by atoms with E-state index in [1.165, 1.54) is 0 Å². The number of halogens is 1. The second kappa shape index (κ2) is 3.71. The summed E-state index contributed by atoms with van der Waals surface area (Å²) in [6.07, 6.45) is 0.593.